The van der Waals surface area contributed by atoms with Crippen LogP contribution in [0.3, 0.4) is 0 Å². The normalized spacial score (nSPS) is 44.0. The van der Waals surface area contributed by atoms with E-state index in [2.05, 4.69) is 0 Å². The molecule has 0 amide bonds. The topological polar surface area (TPSA) is 113 Å². The molecule has 2 N–H and O–H groups in total. The molecule has 4 bridgehead atoms. The van der Waals surface area contributed by atoms with Crippen LogP contribution in [0.25, 0.3) is 0 Å². The Morgan fingerprint density at radius 3 is 2.31 bits per heavy atom. The lowest BCUT2D eigenvalue weighted by atomic mass is 9.49. The average molecular weight is 511 g/mol. The summed E-state index contributed by atoms with van der Waals surface area (Å²) in [5, 5.41) is 19.8. The minimum absolute atomic E-state index is 0.0498. The van der Waals surface area contributed by atoms with Gasteiger partial charge in [-0.3, -0.25) is 4.79 Å². The summed E-state index contributed by atoms with van der Waals surface area (Å²) in [5.41, 5.74) is -0.268. The number of rotatable bonds is 9. The number of hydrogen-bond donors (Lipinski definition) is 2. The van der Waals surface area contributed by atoms with Crippen LogP contribution in [0.2, 0.25) is 0 Å². The maximum absolute atomic E-state index is 13.0. The maximum Gasteiger partial charge on any atom is 0.312 e. The third-order valence-corrected chi connectivity index (χ3v) is 9.56. The van der Waals surface area contributed by atoms with Crippen LogP contribution in [-0.2, 0) is 33.2 Å². The van der Waals surface area contributed by atoms with E-state index in [0.717, 1.165) is 51.4 Å². The molecular weight excluding hydrogens is 468 g/mol. The third-order valence-electron chi connectivity index (χ3n) is 9.56. The van der Waals surface area contributed by atoms with E-state index in [-0.39, 0.29) is 24.6 Å². The van der Waals surface area contributed by atoms with Crippen molar-refractivity contribution in [1.29, 1.82) is 0 Å². The van der Waals surface area contributed by atoms with Gasteiger partial charge in [0.1, 0.15) is 31.0 Å². The van der Waals surface area contributed by atoms with E-state index < -0.39 is 49.4 Å². The van der Waals surface area contributed by atoms with E-state index in [9.17, 15) is 15.0 Å². The third kappa shape index (κ3) is 4.74. The van der Waals surface area contributed by atoms with Gasteiger partial charge in [-0.05, 0) is 76.0 Å². The van der Waals surface area contributed by atoms with Crippen LogP contribution in [-0.4, -0.2) is 78.8 Å². The first-order valence-electron chi connectivity index (χ1n) is 14.1. The summed E-state index contributed by atoms with van der Waals surface area (Å²) in [7, 11) is 0. The molecule has 0 aromatic heterocycles. The Hall–Kier alpha value is -0.810. The predicted octanol–water partition coefficient (Wildman–Crippen LogP) is 2.65. The highest BCUT2D eigenvalue weighted by molar-refractivity contribution is 5.77. The number of ether oxygens (including phenoxy) is 6. The lowest BCUT2D eigenvalue weighted by molar-refractivity contribution is -0.270. The van der Waals surface area contributed by atoms with Crippen LogP contribution < -0.4 is 0 Å². The van der Waals surface area contributed by atoms with Crippen LogP contribution in [0.1, 0.15) is 77.6 Å². The molecule has 36 heavy (non-hydrogen) atoms. The van der Waals surface area contributed by atoms with Gasteiger partial charge in [-0.25, -0.2) is 0 Å². The molecule has 0 aromatic carbocycles. The Labute approximate surface area is 213 Å². The van der Waals surface area contributed by atoms with Crippen LogP contribution >= 0.6 is 0 Å². The number of carbonyl (C=O) groups excluding carboxylic acids is 1. The van der Waals surface area contributed by atoms with E-state index in [1.54, 1.807) is 6.92 Å². The molecule has 2 unspecified atom stereocenters. The van der Waals surface area contributed by atoms with E-state index >= 15 is 0 Å². The molecule has 9 nitrogen and oxygen atoms in total. The van der Waals surface area contributed by atoms with Gasteiger partial charge in [0, 0.05) is 12.8 Å². The molecule has 9 heteroatoms. The van der Waals surface area contributed by atoms with Crippen LogP contribution in [0.5, 0.6) is 0 Å². The van der Waals surface area contributed by atoms with Crippen molar-refractivity contribution >= 4 is 5.97 Å². The van der Waals surface area contributed by atoms with E-state index in [0.29, 0.717) is 17.8 Å². The van der Waals surface area contributed by atoms with Crippen molar-refractivity contribution in [2.45, 2.75) is 120 Å². The van der Waals surface area contributed by atoms with Crippen LogP contribution in [0.4, 0.5) is 0 Å². The van der Waals surface area contributed by atoms with Gasteiger partial charge < -0.3 is 38.6 Å². The van der Waals surface area contributed by atoms with Crippen LogP contribution in [0, 0.1) is 23.2 Å². The second-order valence-electron chi connectivity index (χ2n) is 12.3. The Bertz CT molecular complexity index is 761. The molecule has 7 fully saturated rings. The van der Waals surface area contributed by atoms with Crippen molar-refractivity contribution in [3.63, 3.8) is 0 Å². The monoisotopic (exact) mass is 510 g/mol. The lowest BCUT2D eigenvalue weighted by Crippen LogP contribution is -2.50. The van der Waals surface area contributed by atoms with Crippen molar-refractivity contribution in [3.8, 4) is 0 Å². The van der Waals surface area contributed by atoms with Gasteiger partial charge in [-0.1, -0.05) is 6.42 Å². The zero-order chi connectivity index (χ0) is 24.9. The first kappa shape index (κ1) is 25.5. The van der Waals surface area contributed by atoms with E-state index in [1.807, 2.05) is 0 Å². The number of hydrogen-bond acceptors (Lipinski definition) is 9. The van der Waals surface area contributed by atoms with Gasteiger partial charge in [0.25, 0.3) is 0 Å². The first-order valence-corrected chi connectivity index (χ1v) is 14.1. The summed E-state index contributed by atoms with van der Waals surface area (Å²) in [6, 6.07) is 0. The van der Waals surface area contributed by atoms with Crippen molar-refractivity contribution in [2.24, 2.45) is 23.2 Å². The Morgan fingerprint density at radius 1 is 1.00 bits per heavy atom. The minimum Gasteiger partial charge on any atom is -0.463 e. The number of aliphatic hydroxyl groups excluding tert-OH is 2. The maximum atomic E-state index is 13.0. The molecule has 204 valence electrons. The highest BCUT2D eigenvalue weighted by Crippen LogP contribution is 2.60. The summed E-state index contributed by atoms with van der Waals surface area (Å²) >= 11 is 0. The molecule has 6 atom stereocenters. The summed E-state index contributed by atoms with van der Waals surface area (Å²) < 4.78 is 36.1. The van der Waals surface area contributed by atoms with E-state index in [4.69, 9.17) is 28.4 Å². The average Bonchev–Trinajstić information content (AvgIpc) is 3.35. The molecule has 0 radical (unpaired) electrons. The summed E-state index contributed by atoms with van der Waals surface area (Å²) in [5.74, 6) is 1.39. The Balaban J connectivity index is 0.996. The number of carbonyl (C=O) groups is 1. The largest absolute Gasteiger partial charge is 0.463 e. The van der Waals surface area contributed by atoms with Crippen molar-refractivity contribution in [3.05, 3.63) is 0 Å². The van der Waals surface area contributed by atoms with E-state index in [1.165, 1.54) is 19.3 Å². The number of esters is 1. The Morgan fingerprint density at radius 2 is 1.67 bits per heavy atom. The molecule has 2 heterocycles. The quantitative estimate of drug-likeness (QED) is 0.275. The molecule has 7 aliphatic rings. The predicted molar refractivity (Wildman–Crippen MR) is 125 cm³/mol. The number of aliphatic hydroxyl groups is 2. The molecule has 1 spiro atoms. The number of fused-ring (bicyclic) bond motifs is 1. The zero-order valence-electron chi connectivity index (χ0n) is 21.3. The highest BCUT2D eigenvalue weighted by Gasteiger charge is 2.60. The zero-order valence-corrected chi connectivity index (χ0v) is 21.3. The van der Waals surface area contributed by atoms with Gasteiger partial charge in [0.2, 0.25) is 0 Å². The van der Waals surface area contributed by atoms with Gasteiger partial charge in [-0.15, -0.1) is 0 Å². The minimum atomic E-state index is -1.12. The molecule has 0 aromatic rings. The highest BCUT2D eigenvalue weighted by atomic mass is 16.9. The second-order valence-corrected chi connectivity index (χ2v) is 12.3. The fraction of sp³-hybridized carbons (Fsp3) is 0.963. The molecular formula is C27H42O9. The second kappa shape index (κ2) is 10.1. The SMILES string of the molecule is CC(OCCOC(=O)C12CC3CC(CC(C3)C1)C2)O[C@@H]1[C@H]2OC3(CCCCC3)O[C@H]2O[C@@H]1C(O)CO. The van der Waals surface area contributed by atoms with Crippen molar-refractivity contribution < 1.29 is 43.4 Å². The van der Waals surface area contributed by atoms with Gasteiger partial charge in [-0.2, -0.15) is 0 Å². The molecule has 5 aliphatic carbocycles. The smallest absolute Gasteiger partial charge is 0.312 e. The summed E-state index contributed by atoms with van der Waals surface area (Å²) in [4.78, 5) is 13.0. The lowest BCUT2D eigenvalue weighted by Gasteiger charge is -2.55. The fourth-order valence-electron chi connectivity index (χ4n) is 8.37. The fourth-order valence-corrected chi connectivity index (χ4v) is 8.37. The van der Waals surface area contributed by atoms with Crippen LogP contribution in [0.15, 0.2) is 0 Å². The molecule has 2 aliphatic heterocycles. The Kier molecular flexibility index (Phi) is 7.12. The molecule has 7 rings (SSSR count). The van der Waals surface area contributed by atoms with Gasteiger partial charge >= 0.3 is 5.97 Å². The summed E-state index contributed by atoms with van der Waals surface area (Å²) in [6.07, 6.45) is 7.34. The van der Waals surface area contributed by atoms with Crippen molar-refractivity contribution in [1.82, 2.24) is 0 Å². The first-order chi connectivity index (χ1) is 17.4. The molecule has 2 saturated heterocycles. The summed E-state index contributed by atoms with van der Waals surface area (Å²) in [6.45, 7) is 1.72. The van der Waals surface area contributed by atoms with Gasteiger partial charge in [0.15, 0.2) is 18.4 Å². The van der Waals surface area contributed by atoms with Crippen molar-refractivity contribution in [2.75, 3.05) is 19.8 Å². The molecule has 5 saturated carbocycles. The standard InChI is InChI=1S/C27H42O9/c1-16(31-7-8-32-25(30)26-12-17-9-18(13-26)11-19(10-17)14-26)33-22-21(20(29)15-28)34-24-23(22)35-27(36-24)5-3-2-4-6-27/h16-24,28-29H,2-15H2,1H3/t16?,17?,18?,19?,20?,21-,22+,23-,24-,26?/m1/s1. The van der Waals surface area contributed by atoms with Gasteiger partial charge in [0.05, 0.1) is 18.6 Å².